The van der Waals surface area contributed by atoms with Crippen LogP contribution in [-0.4, -0.2) is 24.3 Å². The molecule has 0 aliphatic carbocycles. The molecule has 182 valence electrons. The Morgan fingerprint density at radius 1 is 0.833 bits per heavy atom. The summed E-state index contributed by atoms with van der Waals surface area (Å²) in [7, 11) is 1.46. The lowest BCUT2D eigenvalue weighted by molar-refractivity contribution is 0.0954. The highest BCUT2D eigenvalue weighted by molar-refractivity contribution is 5.95. The standard InChI is InChI=1S/C29H26N2O5/c1-34-28-14-23(12-13-27(28)32)18-30-31-29(33)24-15-25(35-19-21-8-4-2-5-9-21)17-26(16-24)36-20-22-10-6-3-7-11-22/h2-18,32H,19-20H2,1H3,(H,31,33)/b30-18+. The fourth-order valence-electron chi connectivity index (χ4n) is 3.36. The number of phenols is 1. The topological polar surface area (TPSA) is 89.4 Å². The van der Waals surface area contributed by atoms with Gasteiger partial charge in [0.15, 0.2) is 11.5 Å². The fraction of sp³-hybridized carbons (Fsp3) is 0.103. The van der Waals surface area contributed by atoms with Gasteiger partial charge in [-0.2, -0.15) is 5.10 Å². The van der Waals surface area contributed by atoms with Crippen LogP contribution in [-0.2, 0) is 13.2 Å². The molecule has 0 bridgehead atoms. The van der Waals surface area contributed by atoms with Crippen molar-refractivity contribution in [1.29, 1.82) is 0 Å². The number of methoxy groups -OCH3 is 1. The summed E-state index contributed by atoms with van der Waals surface area (Å²) < 4.78 is 17.0. The molecule has 2 N–H and O–H groups in total. The van der Waals surface area contributed by atoms with Gasteiger partial charge in [-0.1, -0.05) is 60.7 Å². The van der Waals surface area contributed by atoms with Crippen LogP contribution in [0.15, 0.2) is 102 Å². The van der Waals surface area contributed by atoms with E-state index < -0.39 is 5.91 Å². The average Bonchev–Trinajstić information content (AvgIpc) is 2.92. The molecule has 0 fully saturated rings. The van der Waals surface area contributed by atoms with Crippen molar-refractivity contribution in [2.45, 2.75) is 13.2 Å². The van der Waals surface area contributed by atoms with Crippen molar-refractivity contribution >= 4 is 12.1 Å². The number of carbonyl (C=O) groups excluding carboxylic acids is 1. The maximum atomic E-state index is 12.9. The Kier molecular flexibility index (Phi) is 8.17. The highest BCUT2D eigenvalue weighted by atomic mass is 16.5. The van der Waals surface area contributed by atoms with Crippen LogP contribution in [0.5, 0.6) is 23.0 Å². The molecule has 0 atom stereocenters. The van der Waals surface area contributed by atoms with Crippen molar-refractivity contribution in [3.05, 3.63) is 119 Å². The molecule has 0 aliphatic rings. The van der Waals surface area contributed by atoms with Gasteiger partial charge in [-0.25, -0.2) is 5.43 Å². The minimum Gasteiger partial charge on any atom is -0.504 e. The molecule has 0 radical (unpaired) electrons. The van der Waals surface area contributed by atoms with Crippen molar-refractivity contribution in [2.24, 2.45) is 5.10 Å². The van der Waals surface area contributed by atoms with Crippen LogP contribution >= 0.6 is 0 Å². The largest absolute Gasteiger partial charge is 0.504 e. The second-order valence-electron chi connectivity index (χ2n) is 7.87. The predicted octanol–water partition coefficient (Wildman–Crippen LogP) is 5.32. The van der Waals surface area contributed by atoms with Gasteiger partial charge in [0, 0.05) is 11.6 Å². The molecule has 7 heteroatoms. The minimum atomic E-state index is -0.424. The van der Waals surface area contributed by atoms with E-state index >= 15 is 0 Å². The van der Waals surface area contributed by atoms with Crippen LogP contribution < -0.4 is 19.6 Å². The van der Waals surface area contributed by atoms with Gasteiger partial charge in [-0.15, -0.1) is 0 Å². The Morgan fingerprint density at radius 2 is 1.42 bits per heavy atom. The lowest BCUT2D eigenvalue weighted by Crippen LogP contribution is -2.18. The number of phenolic OH excluding ortho intramolecular Hbond substituents is 1. The zero-order valence-corrected chi connectivity index (χ0v) is 19.8. The summed E-state index contributed by atoms with van der Waals surface area (Å²) >= 11 is 0. The summed E-state index contributed by atoms with van der Waals surface area (Å²) in [6.07, 6.45) is 1.46. The van der Waals surface area contributed by atoms with E-state index in [4.69, 9.17) is 14.2 Å². The normalized spacial score (nSPS) is 10.7. The van der Waals surface area contributed by atoms with E-state index in [1.807, 2.05) is 60.7 Å². The third kappa shape index (κ3) is 6.87. The number of hydrogen-bond acceptors (Lipinski definition) is 6. The number of hydrazone groups is 1. The Hall–Kier alpha value is -4.78. The summed E-state index contributed by atoms with van der Waals surface area (Å²) in [6, 6.07) is 29.3. The van der Waals surface area contributed by atoms with Gasteiger partial charge in [0.2, 0.25) is 0 Å². The van der Waals surface area contributed by atoms with E-state index in [0.717, 1.165) is 11.1 Å². The molecule has 0 spiro atoms. The minimum absolute atomic E-state index is 0.0223. The first-order valence-electron chi connectivity index (χ1n) is 11.3. The third-order valence-electron chi connectivity index (χ3n) is 5.22. The quantitative estimate of drug-likeness (QED) is 0.236. The zero-order chi connectivity index (χ0) is 25.2. The molecular weight excluding hydrogens is 456 g/mol. The number of nitrogens with zero attached hydrogens (tertiary/aromatic N) is 1. The summed E-state index contributed by atoms with van der Waals surface area (Å²) in [6.45, 7) is 0.704. The maximum absolute atomic E-state index is 12.9. The van der Waals surface area contributed by atoms with Gasteiger partial charge in [0.05, 0.1) is 13.3 Å². The molecule has 0 saturated heterocycles. The Morgan fingerprint density at radius 3 is 1.97 bits per heavy atom. The van der Waals surface area contributed by atoms with Crippen molar-refractivity contribution in [3.63, 3.8) is 0 Å². The average molecular weight is 483 g/mol. The Bertz CT molecular complexity index is 1260. The first-order valence-corrected chi connectivity index (χ1v) is 11.3. The summed E-state index contributed by atoms with van der Waals surface area (Å²) in [5.74, 6) is 0.915. The van der Waals surface area contributed by atoms with Gasteiger partial charge < -0.3 is 19.3 Å². The Balaban J connectivity index is 1.49. The van der Waals surface area contributed by atoms with Crippen molar-refractivity contribution in [2.75, 3.05) is 7.11 Å². The molecule has 4 aromatic carbocycles. The molecule has 0 saturated carbocycles. The van der Waals surface area contributed by atoms with E-state index in [0.29, 0.717) is 41.6 Å². The van der Waals surface area contributed by atoms with Crippen LogP contribution in [0.2, 0.25) is 0 Å². The van der Waals surface area contributed by atoms with Gasteiger partial charge >= 0.3 is 0 Å². The third-order valence-corrected chi connectivity index (χ3v) is 5.22. The predicted molar refractivity (Wildman–Crippen MR) is 138 cm³/mol. The molecule has 0 aromatic heterocycles. The smallest absolute Gasteiger partial charge is 0.271 e. The first kappa shape index (κ1) is 24.3. The number of nitrogens with one attached hydrogen (secondary N) is 1. The van der Waals surface area contributed by atoms with E-state index in [1.165, 1.54) is 19.4 Å². The molecular formula is C29H26N2O5. The first-order chi connectivity index (χ1) is 17.6. The van der Waals surface area contributed by atoms with Crippen LogP contribution in [0.1, 0.15) is 27.0 Å². The highest BCUT2D eigenvalue weighted by Gasteiger charge is 2.11. The van der Waals surface area contributed by atoms with Crippen molar-refractivity contribution in [3.8, 4) is 23.0 Å². The van der Waals surface area contributed by atoms with Gasteiger partial charge in [0.25, 0.3) is 5.91 Å². The summed E-state index contributed by atoms with van der Waals surface area (Å²) in [5, 5.41) is 13.7. The van der Waals surface area contributed by atoms with Gasteiger partial charge in [-0.3, -0.25) is 4.79 Å². The van der Waals surface area contributed by atoms with E-state index in [2.05, 4.69) is 10.5 Å². The van der Waals surface area contributed by atoms with Crippen LogP contribution in [0.3, 0.4) is 0 Å². The van der Waals surface area contributed by atoms with Crippen molar-refractivity contribution in [1.82, 2.24) is 5.43 Å². The summed E-state index contributed by atoms with van der Waals surface area (Å²) in [4.78, 5) is 12.9. The molecule has 7 nitrogen and oxygen atoms in total. The van der Waals surface area contributed by atoms with Crippen LogP contribution in [0.4, 0.5) is 0 Å². The number of carbonyl (C=O) groups is 1. The van der Waals surface area contributed by atoms with Gasteiger partial charge in [-0.05, 0) is 47.0 Å². The monoisotopic (exact) mass is 482 g/mol. The number of rotatable bonds is 10. The number of benzene rings is 4. The number of ether oxygens (including phenoxy) is 3. The second kappa shape index (κ2) is 12.1. The second-order valence-corrected chi connectivity index (χ2v) is 7.87. The molecule has 0 aliphatic heterocycles. The molecule has 4 rings (SSSR count). The summed E-state index contributed by atoms with van der Waals surface area (Å²) in [5.41, 5.74) is 5.52. The number of hydrogen-bond donors (Lipinski definition) is 2. The molecule has 0 heterocycles. The van der Waals surface area contributed by atoms with E-state index in [9.17, 15) is 9.90 Å². The lowest BCUT2D eigenvalue weighted by atomic mass is 10.2. The molecule has 4 aromatic rings. The van der Waals surface area contributed by atoms with E-state index in [-0.39, 0.29) is 5.75 Å². The Labute approximate surface area is 209 Å². The molecule has 0 unspecified atom stereocenters. The van der Waals surface area contributed by atoms with E-state index in [1.54, 1.807) is 30.3 Å². The lowest BCUT2D eigenvalue weighted by Gasteiger charge is -2.12. The number of aromatic hydroxyl groups is 1. The fourth-order valence-corrected chi connectivity index (χ4v) is 3.36. The molecule has 1 amide bonds. The molecule has 36 heavy (non-hydrogen) atoms. The SMILES string of the molecule is COc1cc(/C=N/NC(=O)c2cc(OCc3ccccc3)cc(OCc3ccccc3)c2)ccc1O. The highest BCUT2D eigenvalue weighted by Crippen LogP contribution is 2.26. The number of amides is 1. The van der Waals surface area contributed by atoms with Crippen LogP contribution in [0.25, 0.3) is 0 Å². The van der Waals surface area contributed by atoms with Crippen molar-refractivity contribution < 1.29 is 24.1 Å². The van der Waals surface area contributed by atoms with Crippen LogP contribution in [0, 0.1) is 0 Å². The maximum Gasteiger partial charge on any atom is 0.271 e. The van der Waals surface area contributed by atoms with Gasteiger partial charge in [0.1, 0.15) is 24.7 Å². The zero-order valence-electron chi connectivity index (χ0n) is 19.8.